The summed E-state index contributed by atoms with van der Waals surface area (Å²) in [6, 6.07) is 0. The van der Waals surface area contributed by atoms with Gasteiger partial charge in [-0.3, -0.25) is 0 Å². The molecule has 0 rings (SSSR count). The van der Waals surface area contributed by atoms with Crippen LogP contribution in [0.4, 0.5) is 0 Å². The number of rotatable bonds is 13. The molecule has 0 aromatic heterocycles. The molecule has 0 spiro atoms. The Labute approximate surface area is 127 Å². The van der Waals surface area contributed by atoms with Crippen LogP contribution in [0.1, 0.15) is 12.8 Å². The Bertz CT molecular complexity index is 258. The monoisotopic (exact) mass is 300 g/mol. The Hall–Kier alpha value is -1.40. The lowest BCUT2D eigenvalue weighted by molar-refractivity contribution is 0.0222. The van der Waals surface area contributed by atoms with Crippen molar-refractivity contribution in [2.75, 3.05) is 39.6 Å². The SMILES string of the molecule is C=CCC(=C)OC(=C)CC=C.OCCOCCOCCO. The first-order valence-corrected chi connectivity index (χ1v) is 6.74. The molecule has 0 radical (unpaired) electrons. The van der Waals surface area contributed by atoms with E-state index < -0.39 is 0 Å². The van der Waals surface area contributed by atoms with Gasteiger partial charge in [-0.1, -0.05) is 25.3 Å². The van der Waals surface area contributed by atoms with E-state index in [9.17, 15) is 0 Å². The Balaban J connectivity index is 0. The Morgan fingerprint density at radius 1 is 0.762 bits per heavy atom. The molecule has 0 aliphatic carbocycles. The van der Waals surface area contributed by atoms with Crippen LogP contribution in [0.2, 0.25) is 0 Å². The molecule has 0 saturated heterocycles. The van der Waals surface area contributed by atoms with Gasteiger partial charge in [0.05, 0.1) is 39.6 Å². The van der Waals surface area contributed by atoms with Crippen molar-refractivity contribution >= 4 is 0 Å². The number of allylic oxidation sites excluding steroid dienone is 2. The molecule has 5 heteroatoms. The third-order valence-corrected chi connectivity index (χ3v) is 1.88. The molecule has 0 aliphatic rings. The van der Waals surface area contributed by atoms with Crippen molar-refractivity contribution in [2.45, 2.75) is 12.8 Å². The van der Waals surface area contributed by atoms with E-state index >= 15 is 0 Å². The zero-order chi connectivity index (χ0) is 16.3. The summed E-state index contributed by atoms with van der Waals surface area (Å²) < 4.78 is 14.9. The van der Waals surface area contributed by atoms with Crippen LogP contribution >= 0.6 is 0 Å². The molecule has 0 bridgehead atoms. The van der Waals surface area contributed by atoms with Crippen molar-refractivity contribution in [3.63, 3.8) is 0 Å². The predicted octanol–water partition coefficient (Wildman–Crippen LogP) is 2.19. The van der Waals surface area contributed by atoms with Crippen LogP contribution in [0.25, 0.3) is 0 Å². The second-order valence-corrected chi connectivity index (χ2v) is 3.84. The molecule has 122 valence electrons. The third-order valence-electron chi connectivity index (χ3n) is 1.88. The van der Waals surface area contributed by atoms with Gasteiger partial charge in [0, 0.05) is 12.8 Å². The second kappa shape index (κ2) is 18.6. The topological polar surface area (TPSA) is 68.2 Å². The fourth-order valence-electron chi connectivity index (χ4n) is 1.06. The number of aliphatic hydroxyl groups excluding tert-OH is 2. The maximum Gasteiger partial charge on any atom is 0.100 e. The molecular weight excluding hydrogens is 272 g/mol. The lowest BCUT2D eigenvalue weighted by Gasteiger charge is -2.06. The molecule has 0 amide bonds. The zero-order valence-electron chi connectivity index (χ0n) is 12.8. The summed E-state index contributed by atoms with van der Waals surface area (Å²) in [5, 5.41) is 16.5. The number of ether oxygens (including phenoxy) is 3. The van der Waals surface area contributed by atoms with Crippen LogP contribution in [-0.2, 0) is 14.2 Å². The Kier molecular flexibility index (Phi) is 19.4. The van der Waals surface area contributed by atoms with Crippen molar-refractivity contribution < 1.29 is 24.4 Å². The maximum absolute atomic E-state index is 8.26. The van der Waals surface area contributed by atoms with Crippen molar-refractivity contribution in [1.29, 1.82) is 0 Å². The van der Waals surface area contributed by atoms with E-state index in [-0.39, 0.29) is 13.2 Å². The number of hydrogen-bond acceptors (Lipinski definition) is 5. The van der Waals surface area contributed by atoms with Crippen LogP contribution in [-0.4, -0.2) is 49.9 Å². The van der Waals surface area contributed by atoms with E-state index in [1.54, 1.807) is 12.2 Å². The summed E-state index contributed by atoms with van der Waals surface area (Å²) in [5.41, 5.74) is 0. The van der Waals surface area contributed by atoms with E-state index in [1.807, 2.05) is 0 Å². The Morgan fingerprint density at radius 2 is 1.14 bits per heavy atom. The van der Waals surface area contributed by atoms with Crippen molar-refractivity contribution in [3.05, 3.63) is 50.0 Å². The van der Waals surface area contributed by atoms with E-state index in [4.69, 9.17) is 24.4 Å². The number of hydrogen-bond donors (Lipinski definition) is 2. The van der Waals surface area contributed by atoms with E-state index in [0.717, 1.165) is 0 Å². The molecule has 0 saturated carbocycles. The van der Waals surface area contributed by atoms with E-state index in [1.165, 1.54) is 0 Å². The molecule has 0 aliphatic heterocycles. The highest BCUT2D eigenvalue weighted by molar-refractivity contribution is 4.99. The summed E-state index contributed by atoms with van der Waals surface area (Å²) in [7, 11) is 0. The maximum atomic E-state index is 8.26. The van der Waals surface area contributed by atoms with Gasteiger partial charge in [-0.25, -0.2) is 0 Å². The van der Waals surface area contributed by atoms with Gasteiger partial charge in [0.1, 0.15) is 11.5 Å². The average Bonchev–Trinajstić information content (AvgIpc) is 2.44. The van der Waals surface area contributed by atoms with Crippen molar-refractivity contribution in [3.8, 4) is 0 Å². The first-order valence-electron chi connectivity index (χ1n) is 6.74. The highest BCUT2D eigenvalue weighted by Gasteiger charge is 1.94. The van der Waals surface area contributed by atoms with Gasteiger partial charge in [-0.05, 0) is 0 Å². The van der Waals surface area contributed by atoms with Gasteiger partial charge >= 0.3 is 0 Å². The third kappa shape index (κ3) is 21.1. The smallest absolute Gasteiger partial charge is 0.100 e. The Morgan fingerprint density at radius 3 is 1.43 bits per heavy atom. The molecule has 0 atom stereocenters. The largest absolute Gasteiger partial charge is 0.467 e. The minimum atomic E-state index is 0.0417. The zero-order valence-corrected chi connectivity index (χ0v) is 12.8. The first-order chi connectivity index (χ1) is 10.1. The van der Waals surface area contributed by atoms with Crippen LogP contribution in [0.5, 0.6) is 0 Å². The summed E-state index contributed by atoms with van der Waals surface area (Å²) >= 11 is 0. The van der Waals surface area contributed by atoms with Crippen LogP contribution in [0.3, 0.4) is 0 Å². The molecule has 5 nitrogen and oxygen atoms in total. The number of aliphatic hydroxyl groups is 2. The molecule has 0 fully saturated rings. The summed E-state index contributed by atoms with van der Waals surface area (Å²) in [4.78, 5) is 0. The highest BCUT2D eigenvalue weighted by Crippen LogP contribution is 2.09. The van der Waals surface area contributed by atoms with E-state index in [0.29, 0.717) is 50.8 Å². The molecule has 21 heavy (non-hydrogen) atoms. The van der Waals surface area contributed by atoms with Gasteiger partial charge < -0.3 is 24.4 Å². The fraction of sp³-hybridized carbons (Fsp3) is 0.500. The minimum absolute atomic E-state index is 0.0417. The molecule has 0 aromatic rings. The van der Waals surface area contributed by atoms with Crippen molar-refractivity contribution in [2.24, 2.45) is 0 Å². The molecule has 0 heterocycles. The van der Waals surface area contributed by atoms with Crippen LogP contribution in [0, 0.1) is 0 Å². The summed E-state index contributed by atoms with van der Waals surface area (Å²) in [6.45, 7) is 16.2. The van der Waals surface area contributed by atoms with Gasteiger partial charge in [-0.2, -0.15) is 0 Å². The lowest BCUT2D eigenvalue weighted by Crippen LogP contribution is -2.09. The lowest BCUT2D eigenvalue weighted by atomic mass is 10.3. The van der Waals surface area contributed by atoms with E-state index in [2.05, 4.69) is 26.3 Å². The standard InChI is InChI=1S/C10H14O.C6H14O4/c1-5-7-9(3)11-10(4)8-6-2;7-1-3-9-5-6-10-4-2-8/h5-6H,1-4,7-8H2;7-8H,1-6H2. The highest BCUT2D eigenvalue weighted by atomic mass is 16.5. The van der Waals surface area contributed by atoms with Crippen molar-refractivity contribution in [1.82, 2.24) is 0 Å². The molecule has 0 aromatic carbocycles. The van der Waals surface area contributed by atoms with Crippen LogP contribution < -0.4 is 0 Å². The predicted molar refractivity (Wildman–Crippen MR) is 84.8 cm³/mol. The molecule has 0 unspecified atom stereocenters. The van der Waals surface area contributed by atoms with Gasteiger partial charge in [0.2, 0.25) is 0 Å². The van der Waals surface area contributed by atoms with Gasteiger partial charge in [-0.15, -0.1) is 13.2 Å². The fourth-order valence-corrected chi connectivity index (χ4v) is 1.06. The summed E-state index contributed by atoms with van der Waals surface area (Å²) in [5.74, 6) is 1.35. The van der Waals surface area contributed by atoms with Gasteiger partial charge in [0.25, 0.3) is 0 Å². The quantitative estimate of drug-likeness (QED) is 0.310. The molecular formula is C16H28O5. The molecule has 2 N–H and O–H groups in total. The average molecular weight is 300 g/mol. The minimum Gasteiger partial charge on any atom is -0.467 e. The van der Waals surface area contributed by atoms with Gasteiger partial charge in [0.15, 0.2) is 0 Å². The first kappa shape index (κ1) is 21.9. The normalized spacial score (nSPS) is 9.24. The van der Waals surface area contributed by atoms with Crippen LogP contribution in [0.15, 0.2) is 50.0 Å². The summed E-state index contributed by atoms with van der Waals surface area (Å²) in [6.07, 6.45) is 4.80. The second-order valence-electron chi connectivity index (χ2n) is 3.84.